The van der Waals surface area contributed by atoms with Crippen LogP contribution >= 0.6 is 43.5 Å². The maximum absolute atomic E-state index is 6.16. The summed E-state index contributed by atoms with van der Waals surface area (Å²) in [5.41, 5.74) is 6.04. The smallest absolute Gasteiger partial charge is 0.0658 e. The van der Waals surface area contributed by atoms with Crippen LogP contribution in [0.25, 0.3) is 0 Å². The number of aryl methyl sites for hydroxylation is 3. The molecule has 100 valence electrons. The fraction of sp³-hybridized carbons (Fsp3) is 0.250. The Morgan fingerprint density at radius 2 is 1.63 bits per heavy atom. The SMILES string of the molecule is Cc1ccc(C(Br)c2cc(C)c(Cl)cc2C)c(Br)c1. The Hall–Kier alpha value is -0.310. The van der Waals surface area contributed by atoms with Crippen molar-refractivity contribution in [2.45, 2.75) is 25.6 Å². The molecule has 0 spiro atoms. The van der Waals surface area contributed by atoms with Crippen molar-refractivity contribution in [2.75, 3.05) is 0 Å². The topological polar surface area (TPSA) is 0 Å². The molecule has 3 heteroatoms. The summed E-state index contributed by atoms with van der Waals surface area (Å²) in [4.78, 5) is 0.165. The van der Waals surface area contributed by atoms with Gasteiger partial charge in [-0.25, -0.2) is 0 Å². The van der Waals surface area contributed by atoms with Crippen LogP contribution in [0.15, 0.2) is 34.8 Å². The Labute approximate surface area is 136 Å². The summed E-state index contributed by atoms with van der Waals surface area (Å²) in [6.45, 7) is 6.22. The van der Waals surface area contributed by atoms with E-state index in [2.05, 4.69) is 70.0 Å². The Balaban J connectivity index is 2.49. The van der Waals surface area contributed by atoms with Crippen LogP contribution < -0.4 is 0 Å². The Kier molecular flexibility index (Phi) is 4.75. The third-order valence-corrected chi connectivity index (χ3v) is 5.33. The highest BCUT2D eigenvalue weighted by atomic mass is 79.9. The van der Waals surface area contributed by atoms with Gasteiger partial charge in [0.15, 0.2) is 0 Å². The van der Waals surface area contributed by atoms with Gasteiger partial charge in [-0.3, -0.25) is 0 Å². The summed E-state index contributed by atoms with van der Waals surface area (Å²) in [5, 5.41) is 0.823. The number of alkyl halides is 1. The molecule has 0 aliphatic rings. The van der Waals surface area contributed by atoms with Gasteiger partial charge >= 0.3 is 0 Å². The predicted octanol–water partition coefficient (Wildman–Crippen LogP) is 6.51. The van der Waals surface area contributed by atoms with E-state index in [1.165, 1.54) is 22.3 Å². The standard InChI is InChI=1S/C16H15Br2Cl/c1-9-4-5-12(14(17)6-9)16(18)13-7-11(3)15(19)8-10(13)2/h4-8,16H,1-3H3. The van der Waals surface area contributed by atoms with Gasteiger partial charge in [0.25, 0.3) is 0 Å². The first kappa shape index (κ1) is 15.1. The lowest BCUT2D eigenvalue weighted by molar-refractivity contribution is 1.12. The molecule has 0 heterocycles. The van der Waals surface area contributed by atoms with Crippen molar-refractivity contribution in [1.82, 2.24) is 0 Å². The molecule has 0 saturated carbocycles. The van der Waals surface area contributed by atoms with E-state index in [0.29, 0.717) is 0 Å². The molecule has 0 fully saturated rings. The van der Waals surface area contributed by atoms with Crippen molar-refractivity contribution < 1.29 is 0 Å². The number of hydrogen-bond acceptors (Lipinski definition) is 0. The number of rotatable bonds is 2. The summed E-state index contributed by atoms with van der Waals surface area (Å²) in [7, 11) is 0. The Morgan fingerprint density at radius 1 is 0.947 bits per heavy atom. The summed E-state index contributed by atoms with van der Waals surface area (Å²) < 4.78 is 1.13. The van der Waals surface area contributed by atoms with Crippen LogP contribution in [-0.4, -0.2) is 0 Å². The molecule has 2 rings (SSSR count). The molecule has 0 aliphatic heterocycles. The van der Waals surface area contributed by atoms with Crippen molar-refractivity contribution in [1.29, 1.82) is 0 Å². The van der Waals surface area contributed by atoms with Gasteiger partial charge in [-0.2, -0.15) is 0 Å². The van der Waals surface area contributed by atoms with Crippen LogP contribution in [0.1, 0.15) is 32.6 Å². The third-order valence-electron chi connectivity index (χ3n) is 3.25. The molecule has 19 heavy (non-hydrogen) atoms. The highest BCUT2D eigenvalue weighted by Gasteiger charge is 2.16. The molecule has 0 bridgehead atoms. The van der Waals surface area contributed by atoms with E-state index in [9.17, 15) is 0 Å². The molecule has 0 aliphatic carbocycles. The van der Waals surface area contributed by atoms with Crippen molar-refractivity contribution >= 4 is 43.5 Å². The molecular formula is C16H15Br2Cl. The van der Waals surface area contributed by atoms with Gasteiger partial charge < -0.3 is 0 Å². The zero-order valence-corrected chi connectivity index (χ0v) is 15.0. The fourth-order valence-electron chi connectivity index (χ4n) is 2.08. The van der Waals surface area contributed by atoms with E-state index in [-0.39, 0.29) is 4.83 Å². The Morgan fingerprint density at radius 3 is 2.26 bits per heavy atom. The van der Waals surface area contributed by atoms with Gasteiger partial charge in [0, 0.05) is 9.50 Å². The summed E-state index contributed by atoms with van der Waals surface area (Å²) >= 11 is 13.6. The maximum Gasteiger partial charge on any atom is 0.0658 e. The second kappa shape index (κ2) is 5.99. The lowest BCUT2D eigenvalue weighted by Crippen LogP contribution is -1.98. The van der Waals surface area contributed by atoms with Gasteiger partial charge in [-0.15, -0.1) is 0 Å². The second-order valence-corrected chi connectivity index (χ2v) is 7.02. The van der Waals surface area contributed by atoms with Crippen LogP contribution in [0.5, 0.6) is 0 Å². The second-order valence-electron chi connectivity index (χ2n) is 4.85. The van der Waals surface area contributed by atoms with Crippen molar-refractivity contribution in [3.63, 3.8) is 0 Å². The van der Waals surface area contributed by atoms with Crippen molar-refractivity contribution in [3.8, 4) is 0 Å². The molecule has 0 nitrogen and oxygen atoms in total. The monoisotopic (exact) mass is 400 g/mol. The number of hydrogen-bond donors (Lipinski definition) is 0. The van der Waals surface area contributed by atoms with E-state index in [1.54, 1.807) is 0 Å². The van der Waals surface area contributed by atoms with Crippen LogP contribution in [-0.2, 0) is 0 Å². The molecule has 0 amide bonds. The van der Waals surface area contributed by atoms with Crippen LogP contribution in [0, 0.1) is 20.8 Å². The first-order valence-electron chi connectivity index (χ1n) is 6.07. The van der Waals surface area contributed by atoms with Crippen molar-refractivity contribution in [3.05, 3.63) is 67.6 Å². The minimum atomic E-state index is 0.165. The molecule has 1 atom stereocenters. The van der Waals surface area contributed by atoms with Crippen LogP contribution in [0.4, 0.5) is 0 Å². The van der Waals surface area contributed by atoms with Crippen molar-refractivity contribution in [2.24, 2.45) is 0 Å². The number of benzene rings is 2. The molecule has 0 aromatic heterocycles. The van der Waals surface area contributed by atoms with Gasteiger partial charge in [-0.05, 0) is 60.7 Å². The number of halogens is 3. The molecule has 2 aromatic rings. The molecule has 0 N–H and O–H groups in total. The summed E-state index contributed by atoms with van der Waals surface area (Å²) in [6, 6.07) is 10.6. The first-order chi connectivity index (χ1) is 8.90. The van der Waals surface area contributed by atoms with E-state index in [0.717, 1.165) is 15.1 Å². The average Bonchev–Trinajstić information content (AvgIpc) is 2.33. The molecule has 2 aromatic carbocycles. The fourth-order valence-corrected chi connectivity index (χ4v) is 4.22. The van der Waals surface area contributed by atoms with Crippen LogP contribution in [0.3, 0.4) is 0 Å². The average molecular weight is 403 g/mol. The van der Waals surface area contributed by atoms with E-state index < -0.39 is 0 Å². The minimum absolute atomic E-state index is 0.165. The quantitative estimate of drug-likeness (QED) is 0.502. The van der Waals surface area contributed by atoms with Gasteiger partial charge in [0.05, 0.1) is 4.83 Å². The van der Waals surface area contributed by atoms with Crippen LogP contribution in [0.2, 0.25) is 5.02 Å². The minimum Gasteiger partial charge on any atom is -0.0840 e. The molecule has 0 radical (unpaired) electrons. The Bertz CT molecular complexity index is 620. The largest absolute Gasteiger partial charge is 0.0840 e. The van der Waals surface area contributed by atoms with Gasteiger partial charge in [0.1, 0.15) is 0 Å². The zero-order valence-electron chi connectivity index (χ0n) is 11.1. The van der Waals surface area contributed by atoms with E-state index in [1.807, 2.05) is 13.0 Å². The van der Waals surface area contributed by atoms with E-state index >= 15 is 0 Å². The van der Waals surface area contributed by atoms with Gasteiger partial charge in [0.2, 0.25) is 0 Å². The zero-order chi connectivity index (χ0) is 14.2. The lowest BCUT2D eigenvalue weighted by Gasteiger charge is -2.17. The summed E-state index contributed by atoms with van der Waals surface area (Å²) in [6.07, 6.45) is 0. The highest BCUT2D eigenvalue weighted by Crippen LogP contribution is 2.38. The summed E-state index contributed by atoms with van der Waals surface area (Å²) in [5.74, 6) is 0. The molecule has 0 saturated heterocycles. The normalized spacial score (nSPS) is 12.5. The maximum atomic E-state index is 6.16. The molecular weight excluding hydrogens is 387 g/mol. The lowest BCUT2D eigenvalue weighted by atomic mass is 9.98. The molecule has 1 unspecified atom stereocenters. The first-order valence-corrected chi connectivity index (χ1v) is 8.15. The van der Waals surface area contributed by atoms with Gasteiger partial charge in [-0.1, -0.05) is 61.7 Å². The highest BCUT2D eigenvalue weighted by molar-refractivity contribution is 9.11. The predicted molar refractivity (Wildman–Crippen MR) is 90.6 cm³/mol. The third kappa shape index (κ3) is 3.24. The van der Waals surface area contributed by atoms with E-state index in [4.69, 9.17) is 11.6 Å².